The molecule has 3 rings (SSSR count). The predicted molar refractivity (Wildman–Crippen MR) is 89.7 cm³/mol. The van der Waals surface area contributed by atoms with Gasteiger partial charge in [0.05, 0.1) is 11.3 Å². The fourth-order valence-corrected chi connectivity index (χ4v) is 5.93. The molecule has 2 N–H and O–H groups in total. The summed E-state index contributed by atoms with van der Waals surface area (Å²) in [7, 11) is 0. The number of nitrogens with zero attached hydrogens (tertiary/aromatic N) is 3. The molecule has 1 fully saturated rings. The summed E-state index contributed by atoms with van der Waals surface area (Å²) in [5.74, 6) is 3.64. The molecular weight excluding hydrogens is 324 g/mol. The van der Waals surface area contributed by atoms with Crippen LogP contribution in [0, 0.1) is 0 Å². The maximum Gasteiger partial charge on any atom is 0.277 e. The molecule has 1 aliphatic rings. The van der Waals surface area contributed by atoms with Crippen molar-refractivity contribution in [1.29, 1.82) is 0 Å². The molecule has 2 aromatic rings. The number of nitrogens with two attached hydrogens (primary N) is 1. The van der Waals surface area contributed by atoms with Crippen LogP contribution in [-0.4, -0.2) is 31.9 Å². The van der Waals surface area contributed by atoms with Crippen LogP contribution in [0.1, 0.15) is 42.4 Å². The second-order valence-electron chi connectivity index (χ2n) is 4.93. The van der Waals surface area contributed by atoms with Gasteiger partial charge in [-0.05, 0) is 13.3 Å². The van der Waals surface area contributed by atoms with Gasteiger partial charge in [0.25, 0.3) is 5.89 Å². The molecule has 8 heteroatoms. The van der Waals surface area contributed by atoms with Crippen molar-refractivity contribution in [2.24, 2.45) is 5.73 Å². The Morgan fingerprint density at radius 3 is 2.90 bits per heavy atom. The highest BCUT2D eigenvalue weighted by Gasteiger charge is 2.30. The Hall–Kier alpha value is -0.570. The average molecular weight is 343 g/mol. The van der Waals surface area contributed by atoms with Crippen LogP contribution in [0.3, 0.4) is 0 Å². The van der Waals surface area contributed by atoms with E-state index in [0.29, 0.717) is 16.4 Å². The van der Waals surface area contributed by atoms with Crippen molar-refractivity contribution in [2.75, 3.05) is 11.5 Å². The minimum Gasteiger partial charge on any atom is -0.332 e. The molecule has 0 aliphatic carbocycles. The molecular formula is C13H18N4OS3. The Morgan fingerprint density at radius 2 is 2.19 bits per heavy atom. The first-order chi connectivity index (χ1) is 10.2. The van der Waals surface area contributed by atoms with E-state index in [4.69, 9.17) is 10.3 Å². The first-order valence-electron chi connectivity index (χ1n) is 6.97. The van der Waals surface area contributed by atoms with Crippen LogP contribution in [0.25, 0.3) is 11.6 Å². The van der Waals surface area contributed by atoms with E-state index in [1.807, 2.05) is 35.8 Å². The molecule has 0 radical (unpaired) electrons. The molecule has 3 atom stereocenters. The van der Waals surface area contributed by atoms with E-state index in [2.05, 4.69) is 22.0 Å². The smallest absolute Gasteiger partial charge is 0.277 e. The van der Waals surface area contributed by atoms with Gasteiger partial charge in [0, 0.05) is 22.1 Å². The maximum atomic E-state index is 5.84. The molecule has 0 saturated carbocycles. The van der Waals surface area contributed by atoms with Crippen LogP contribution in [-0.2, 0) is 0 Å². The van der Waals surface area contributed by atoms with E-state index in [9.17, 15) is 0 Å². The van der Waals surface area contributed by atoms with E-state index in [-0.39, 0.29) is 6.04 Å². The van der Waals surface area contributed by atoms with Crippen molar-refractivity contribution in [3.05, 3.63) is 16.2 Å². The average Bonchev–Trinajstić information content (AvgIpc) is 3.16. The fourth-order valence-electron chi connectivity index (χ4n) is 2.19. The Bertz CT molecular complexity index is 598. The highest BCUT2D eigenvalue weighted by atomic mass is 32.2. The quantitative estimate of drug-likeness (QED) is 0.911. The van der Waals surface area contributed by atoms with Crippen molar-refractivity contribution in [3.63, 3.8) is 0 Å². The molecule has 0 bridgehead atoms. The first kappa shape index (κ1) is 15.3. The first-order valence-corrected chi connectivity index (χ1v) is 9.95. The zero-order valence-corrected chi connectivity index (χ0v) is 14.4. The standard InChI is InChI=1S/C13H18N4OS3/c1-3-9-10(20-5-4-19-9)11-16-12(18-17-11)8-6-21-13(15-8)7(2)14/h6-7,9-10H,3-5,14H2,1-2H3. The van der Waals surface area contributed by atoms with Crippen molar-refractivity contribution in [2.45, 2.75) is 36.8 Å². The molecule has 0 aromatic carbocycles. The van der Waals surface area contributed by atoms with Crippen LogP contribution < -0.4 is 5.73 Å². The summed E-state index contributed by atoms with van der Waals surface area (Å²) in [5, 5.41) is 7.87. The summed E-state index contributed by atoms with van der Waals surface area (Å²) in [6.45, 7) is 4.14. The van der Waals surface area contributed by atoms with E-state index in [1.54, 1.807) is 0 Å². The van der Waals surface area contributed by atoms with Crippen molar-refractivity contribution < 1.29 is 4.52 Å². The summed E-state index contributed by atoms with van der Waals surface area (Å²) in [6, 6.07) is -0.0686. The van der Waals surface area contributed by atoms with Gasteiger partial charge in [0.1, 0.15) is 10.7 Å². The van der Waals surface area contributed by atoms with E-state index >= 15 is 0 Å². The number of hydrogen-bond acceptors (Lipinski definition) is 8. The molecule has 0 spiro atoms. The molecule has 1 saturated heterocycles. The lowest BCUT2D eigenvalue weighted by molar-refractivity contribution is 0.420. The Balaban J connectivity index is 1.81. The minimum absolute atomic E-state index is 0.0686. The van der Waals surface area contributed by atoms with Gasteiger partial charge in [-0.2, -0.15) is 16.7 Å². The summed E-state index contributed by atoms with van der Waals surface area (Å²) in [4.78, 5) is 9.03. The van der Waals surface area contributed by atoms with Crippen molar-refractivity contribution >= 4 is 34.9 Å². The second-order valence-corrected chi connectivity index (χ2v) is 8.41. The second kappa shape index (κ2) is 6.68. The molecule has 5 nitrogen and oxygen atoms in total. The molecule has 21 heavy (non-hydrogen) atoms. The third kappa shape index (κ3) is 3.28. The SMILES string of the molecule is CCC1SCCSC1c1noc(-c2csc(C(C)N)n2)n1. The predicted octanol–water partition coefficient (Wildman–Crippen LogP) is 3.51. The summed E-state index contributed by atoms with van der Waals surface area (Å²) < 4.78 is 5.41. The van der Waals surface area contributed by atoms with E-state index in [1.165, 1.54) is 17.1 Å². The fraction of sp³-hybridized carbons (Fsp3) is 0.615. The van der Waals surface area contributed by atoms with Gasteiger partial charge in [-0.25, -0.2) is 4.98 Å². The van der Waals surface area contributed by atoms with Gasteiger partial charge in [-0.15, -0.1) is 23.1 Å². The molecule has 3 unspecified atom stereocenters. The zero-order chi connectivity index (χ0) is 14.8. The lowest BCUT2D eigenvalue weighted by Crippen LogP contribution is -2.19. The van der Waals surface area contributed by atoms with Crippen LogP contribution >= 0.6 is 34.9 Å². The highest BCUT2D eigenvalue weighted by molar-refractivity contribution is 8.06. The van der Waals surface area contributed by atoms with Crippen molar-refractivity contribution in [3.8, 4) is 11.6 Å². The van der Waals surface area contributed by atoms with E-state index < -0.39 is 0 Å². The maximum absolute atomic E-state index is 5.84. The minimum atomic E-state index is -0.0686. The number of thioether (sulfide) groups is 2. The normalized spacial score (nSPS) is 24.1. The molecule has 1 aliphatic heterocycles. The Kier molecular flexibility index (Phi) is 4.88. The van der Waals surface area contributed by atoms with E-state index in [0.717, 1.165) is 28.7 Å². The molecule has 114 valence electrons. The number of rotatable bonds is 4. The number of aromatic nitrogens is 3. The van der Waals surface area contributed by atoms with Gasteiger partial charge in [-0.1, -0.05) is 12.1 Å². The zero-order valence-electron chi connectivity index (χ0n) is 12.0. The highest BCUT2D eigenvalue weighted by Crippen LogP contribution is 2.43. The number of thiazole rings is 1. The molecule has 3 heterocycles. The van der Waals surface area contributed by atoms with Gasteiger partial charge in [-0.3, -0.25) is 0 Å². The largest absolute Gasteiger partial charge is 0.332 e. The Labute approximate surface area is 136 Å². The summed E-state index contributed by atoms with van der Waals surface area (Å²) in [5.41, 5.74) is 6.57. The lowest BCUT2D eigenvalue weighted by Gasteiger charge is -2.27. The third-order valence-corrected chi connectivity index (χ3v) is 7.57. The van der Waals surface area contributed by atoms with Crippen LogP contribution in [0.5, 0.6) is 0 Å². The van der Waals surface area contributed by atoms with Crippen LogP contribution in [0.15, 0.2) is 9.90 Å². The van der Waals surface area contributed by atoms with Gasteiger partial charge < -0.3 is 10.3 Å². The van der Waals surface area contributed by atoms with Gasteiger partial charge in [0.15, 0.2) is 5.82 Å². The molecule has 0 amide bonds. The summed E-state index contributed by atoms with van der Waals surface area (Å²) >= 11 is 5.46. The molecule has 2 aromatic heterocycles. The Morgan fingerprint density at radius 1 is 1.38 bits per heavy atom. The lowest BCUT2D eigenvalue weighted by atomic mass is 10.2. The van der Waals surface area contributed by atoms with Crippen LogP contribution in [0.4, 0.5) is 0 Å². The third-order valence-electron chi connectivity index (χ3n) is 3.28. The number of hydrogen-bond donors (Lipinski definition) is 1. The topological polar surface area (TPSA) is 77.8 Å². The van der Waals surface area contributed by atoms with Crippen LogP contribution in [0.2, 0.25) is 0 Å². The monoisotopic (exact) mass is 342 g/mol. The summed E-state index contributed by atoms with van der Waals surface area (Å²) in [6.07, 6.45) is 1.12. The van der Waals surface area contributed by atoms with Gasteiger partial charge >= 0.3 is 0 Å². The van der Waals surface area contributed by atoms with Gasteiger partial charge in [0.2, 0.25) is 0 Å². The van der Waals surface area contributed by atoms with Crippen molar-refractivity contribution in [1.82, 2.24) is 15.1 Å².